The summed E-state index contributed by atoms with van der Waals surface area (Å²) >= 11 is 0. The van der Waals surface area contributed by atoms with Crippen LogP contribution in [-0.2, 0) is 4.74 Å². The first-order valence-corrected chi connectivity index (χ1v) is 5.88. The first kappa shape index (κ1) is 13.2. The van der Waals surface area contributed by atoms with Crippen LogP contribution in [0.15, 0.2) is 12.1 Å². The lowest BCUT2D eigenvalue weighted by molar-refractivity contribution is 0.190. The Balaban J connectivity index is 2.78. The molecule has 0 aromatic heterocycles. The van der Waals surface area contributed by atoms with Gasteiger partial charge in [0, 0.05) is 19.8 Å². The molecule has 0 amide bonds. The third kappa shape index (κ3) is 3.32. The lowest BCUT2D eigenvalue weighted by atomic mass is 9.92. The molecule has 90 valence electrons. The molecule has 0 heterocycles. The average molecular weight is 221 g/mol. The maximum Gasteiger partial charge on any atom is 0.0462 e. The van der Waals surface area contributed by atoms with Crippen molar-refractivity contribution in [1.29, 1.82) is 0 Å². The first-order chi connectivity index (χ1) is 7.56. The van der Waals surface area contributed by atoms with Gasteiger partial charge in [0.2, 0.25) is 0 Å². The highest BCUT2D eigenvalue weighted by Gasteiger charge is 2.11. The van der Waals surface area contributed by atoms with Gasteiger partial charge < -0.3 is 10.5 Å². The Bertz CT molecular complexity index is 324. The molecule has 0 radical (unpaired) electrons. The second-order valence-electron chi connectivity index (χ2n) is 4.55. The van der Waals surface area contributed by atoms with E-state index < -0.39 is 0 Å². The molecule has 0 saturated carbocycles. The van der Waals surface area contributed by atoms with E-state index in [4.69, 9.17) is 10.5 Å². The number of nitrogens with two attached hydrogens (primary N) is 1. The van der Waals surface area contributed by atoms with Gasteiger partial charge in [-0.2, -0.15) is 0 Å². The van der Waals surface area contributed by atoms with Crippen molar-refractivity contribution in [3.8, 4) is 0 Å². The van der Waals surface area contributed by atoms with Crippen molar-refractivity contribution in [2.75, 3.05) is 13.7 Å². The fourth-order valence-electron chi connectivity index (χ4n) is 2.37. The van der Waals surface area contributed by atoms with Crippen molar-refractivity contribution < 1.29 is 4.74 Å². The van der Waals surface area contributed by atoms with Crippen molar-refractivity contribution in [3.05, 3.63) is 34.4 Å². The SMILES string of the molecule is COCCCC(N)c1c(C)cc(C)cc1C. The van der Waals surface area contributed by atoms with Crippen LogP contribution < -0.4 is 5.73 Å². The highest BCUT2D eigenvalue weighted by Crippen LogP contribution is 2.24. The molecule has 2 nitrogen and oxygen atoms in total. The van der Waals surface area contributed by atoms with Gasteiger partial charge in [-0.25, -0.2) is 0 Å². The van der Waals surface area contributed by atoms with Crippen LogP contribution in [-0.4, -0.2) is 13.7 Å². The van der Waals surface area contributed by atoms with E-state index in [1.165, 1.54) is 22.3 Å². The summed E-state index contributed by atoms with van der Waals surface area (Å²) in [6.45, 7) is 7.20. The van der Waals surface area contributed by atoms with Gasteiger partial charge in [0.1, 0.15) is 0 Å². The molecule has 0 bridgehead atoms. The molecular weight excluding hydrogens is 198 g/mol. The summed E-state index contributed by atoms with van der Waals surface area (Å²) in [6.07, 6.45) is 2.00. The molecule has 1 aromatic carbocycles. The number of methoxy groups -OCH3 is 1. The Morgan fingerprint density at radius 1 is 1.19 bits per heavy atom. The van der Waals surface area contributed by atoms with Crippen molar-refractivity contribution in [3.63, 3.8) is 0 Å². The quantitative estimate of drug-likeness (QED) is 0.776. The van der Waals surface area contributed by atoms with Crippen LogP contribution in [0.5, 0.6) is 0 Å². The van der Waals surface area contributed by atoms with E-state index in [0.717, 1.165) is 19.4 Å². The first-order valence-electron chi connectivity index (χ1n) is 5.88. The standard InChI is InChI=1S/C14H23NO/c1-10-8-11(2)14(12(3)9-10)13(15)6-5-7-16-4/h8-9,13H,5-7,15H2,1-4H3. The van der Waals surface area contributed by atoms with Crippen LogP contribution >= 0.6 is 0 Å². The number of ether oxygens (including phenoxy) is 1. The molecule has 0 aliphatic rings. The monoisotopic (exact) mass is 221 g/mol. The molecule has 0 spiro atoms. The van der Waals surface area contributed by atoms with Crippen LogP contribution in [0.4, 0.5) is 0 Å². The molecular formula is C14H23NO. The molecule has 2 heteroatoms. The van der Waals surface area contributed by atoms with E-state index in [1.54, 1.807) is 7.11 Å². The van der Waals surface area contributed by atoms with Gasteiger partial charge in [-0.15, -0.1) is 0 Å². The fourth-order valence-corrected chi connectivity index (χ4v) is 2.37. The maximum atomic E-state index is 6.23. The van der Waals surface area contributed by atoms with Crippen LogP contribution in [0.25, 0.3) is 0 Å². The van der Waals surface area contributed by atoms with Crippen LogP contribution in [0, 0.1) is 20.8 Å². The molecule has 1 unspecified atom stereocenters. The topological polar surface area (TPSA) is 35.2 Å². The van der Waals surface area contributed by atoms with Crippen LogP contribution in [0.3, 0.4) is 0 Å². The van der Waals surface area contributed by atoms with Crippen molar-refractivity contribution in [1.82, 2.24) is 0 Å². The van der Waals surface area contributed by atoms with Crippen LogP contribution in [0.2, 0.25) is 0 Å². The van der Waals surface area contributed by atoms with E-state index in [2.05, 4.69) is 32.9 Å². The number of hydrogen-bond donors (Lipinski definition) is 1. The maximum absolute atomic E-state index is 6.23. The molecule has 0 aliphatic heterocycles. The molecule has 16 heavy (non-hydrogen) atoms. The molecule has 1 aromatic rings. The zero-order valence-corrected chi connectivity index (χ0v) is 10.8. The Kier molecular flexibility index (Phi) is 4.97. The van der Waals surface area contributed by atoms with Gasteiger partial charge in [0.05, 0.1) is 0 Å². The molecule has 0 aliphatic carbocycles. The largest absolute Gasteiger partial charge is 0.385 e. The lowest BCUT2D eigenvalue weighted by Crippen LogP contribution is -2.14. The van der Waals surface area contributed by atoms with Gasteiger partial charge in [-0.1, -0.05) is 17.7 Å². The summed E-state index contributed by atoms with van der Waals surface area (Å²) in [7, 11) is 1.73. The van der Waals surface area contributed by atoms with E-state index in [0.29, 0.717) is 0 Å². The lowest BCUT2D eigenvalue weighted by Gasteiger charge is -2.18. The Morgan fingerprint density at radius 3 is 2.25 bits per heavy atom. The molecule has 1 atom stereocenters. The van der Waals surface area contributed by atoms with Gasteiger partial charge >= 0.3 is 0 Å². The van der Waals surface area contributed by atoms with Crippen LogP contribution in [0.1, 0.15) is 41.1 Å². The zero-order chi connectivity index (χ0) is 12.1. The van der Waals surface area contributed by atoms with Crippen molar-refractivity contribution in [2.24, 2.45) is 5.73 Å². The number of aryl methyl sites for hydroxylation is 3. The van der Waals surface area contributed by atoms with E-state index >= 15 is 0 Å². The summed E-state index contributed by atoms with van der Waals surface area (Å²) in [5, 5.41) is 0. The Labute approximate surface area is 98.8 Å². The van der Waals surface area contributed by atoms with E-state index in [1.807, 2.05) is 0 Å². The van der Waals surface area contributed by atoms with Gasteiger partial charge in [0.25, 0.3) is 0 Å². The predicted molar refractivity (Wildman–Crippen MR) is 68.7 cm³/mol. The van der Waals surface area contributed by atoms with Gasteiger partial charge in [-0.3, -0.25) is 0 Å². The third-order valence-corrected chi connectivity index (χ3v) is 2.97. The fraction of sp³-hybridized carbons (Fsp3) is 0.571. The van der Waals surface area contributed by atoms with Gasteiger partial charge in [-0.05, 0) is 50.3 Å². The summed E-state index contributed by atoms with van der Waals surface area (Å²) in [4.78, 5) is 0. The second-order valence-corrected chi connectivity index (χ2v) is 4.55. The molecule has 0 fully saturated rings. The summed E-state index contributed by atoms with van der Waals surface area (Å²) in [5.41, 5.74) is 11.5. The summed E-state index contributed by atoms with van der Waals surface area (Å²) < 4.78 is 5.05. The number of benzene rings is 1. The Hall–Kier alpha value is -0.860. The number of rotatable bonds is 5. The minimum absolute atomic E-state index is 0.135. The third-order valence-electron chi connectivity index (χ3n) is 2.97. The predicted octanol–water partition coefficient (Wildman–Crippen LogP) is 3.04. The highest BCUT2D eigenvalue weighted by molar-refractivity contribution is 5.39. The minimum atomic E-state index is 0.135. The molecule has 0 saturated heterocycles. The van der Waals surface area contributed by atoms with Crippen molar-refractivity contribution >= 4 is 0 Å². The normalized spacial score (nSPS) is 12.8. The summed E-state index contributed by atoms with van der Waals surface area (Å²) in [6, 6.07) is 4.55. The highest BCUT2D eigenvalue weighted by atomic mass is 16.5. The van der Waals surface area contributed by atoms with Crippen molar-refractivity contribution in [2.45, 2.75) is 39.7 Å². The average Bonchev–Trinajstić information content (AvgIpc) is 2.16. The van der Waals surface area contributed by atoms with E-state index in [-0.39, 0.29) is 6.04 Å². The smallest absolute Gasteiger partial charge is 0.0462 e. The van der Waals surface area contributed by atoms with E-state index in [9.17, 15) is 0 Å². The molecule has 1 rings (SSSR count). The zero-order valence-electron chi connectivity index (χ0n) is 10.8. The van der Waals surface area contributed by atoms with Gasteiger partial charge in [0.15, 0.2) is 0 Å². The Morgan fingerprint density at radius 2 is 1.75 bits per heavy atom. The number of hydrogen-bond acceptors (Lipinski definition) is 2. The summed E-state index contributed by atoms with van der Waals surface area (Å²) in [5.74, 6) is 0. The minimum Gasteiger partial charge on any atom is -0.385 e. The molecule has 2 N–H and O–H groups in total. The second kappa shape index (κ2) is 6.02.